The molecule has 0 unspecified atom stereocenters. The summed E-state index contributed by atoms with van der Waals surface area (Å²) >= 11 is 3.12. The van der Waals surface area contributed by atoms with Crippen LogP contribution in [0.15, 0.2) is 13.9 Å². The summed E-state index contributed by atoms with van der Waals surface area (Å²) in [4.78, 5) is 10.6. The van der Waals surface area contributed by atoms with E-state index in [1.54, 1.807) is 6.92 Å². The summed E-state index contributed by atoms with van der Waals surface area (Å²) in [5, 5.41) is 0.484. The molecule has 0 aliphatic rings. The molecule has 0 spiro atoms. The van der Waals surface area contributed by atoms with Crippen molar-refractivity contribution in [1.82, 2.24) is 0 Å². The average Bonchev–Trinajstić information content (AvgIpc) is 2.12. The van der Waals surface area contributed by atoms with Crippen LogP contribution in [0, 0.1) is 6.92 Å². The highest BCUT2D eigenvalue weighted by atomic mass is 79.9. The fourth-order valence-corrected chi connectivity index (χ4v) is 1.12. The minimum Gasteiger partial charge on any atom is -0.291 e. The quantitative estimate of drug-likeness (QED) is 0.500. The van der Waals surface area contributed by atoms with Gasteiger partial charge in [0.15, 0.2) is 5.76 Å². The molecule has 9 heavy (non-hydrogen) atoms. The van der Waals surface area contributed by atoms with E-state index in [4.69, 9.17) is 0 Å². The number of aryl methyl sites for hydroxylation is 1. The predicted molar refractivity (Wildman–Crippen MR) is 34.6 cm³/mol. The van der Waals surface area contributed by atoms with Gasteiger partial charge < -0.3 is 0 Å². The van der Waals surface area contributed by atoms with Crippen molar-refractivity contribution in [2.75, 3.05) is 0 Å². The molecule has 0 bridgehead atoms. The lowest BCUT2D eigenvalue weighted by molar-refractivity contribution is 0.0412. The van der Waals surface area contributed by atoms with Gasteiger partial charge in [-0.1, -0.05) is 15.9 Å². The third-order valence-electron chi connectivity index (χ3n) is 1.05. The Bertz CT molecular complexity index is 247. The van der Waals surface area contributed by atoms with E-state index < -0.39 is 5.63 Å². The van der Waals surface area contributed by atoms with Gasteiger partial charge in [0.1, 0.15) is 0 Å². The van der Waals surface area contributed by atoms with Crippen LogP contribution in [0.4, 0.5) is 0 Å². The van der Waals surface area contributed by atoms with Gasteiger partial charge in [-0.3, -0.25) is 4.58 Å². The Hall–Kier alpha value is -0.510. The molecule has 1 heterocycles. The predicted octanol–water partition coefficient (Wildman–Crippen LogP) is 1.44. The molecule has 0 saturated heterocycles. The zero-order valence-corrected chi connectivity index (χ0v) is 6.40. The lowest BCUT2D eigenvalue weighted by Crippen LogP contribution is -1.98. The maximum absolute atomic E-state index is 10.6. The highest BCUT2D eigenvalue weighted by molar-refractivity contribution is 9.08. The molecular formula is C5H5BrO3. The first kappa shape index (κ1) is 6.61. The van der Waals surface area contributed by atoms with Crippen molar-refractivity contribution in [2.45, 2.75) is 12.3 Å². The molecule has 0 aromatic carbocycles. The molecule has 50 valence electrons. The lowest BCUT2D eigenvalue weighted by atomic mass is 10.3. The molecule has 1 aromatic heterocycles. The molecule has 0 amide bonds. The summed E-state index contributed by atoms with van der Waals surface area (Å²) in [6, 6.07) is 0. The second kappa shape index (κ2) is 2.39. The monoisotopic (exact) mass is 192 g/mol. The van der Waals surface area contributed by atoms with Gasteiger partial charge in [0.05, 0.1) is 5.56 Å². The fraction of sp³-hybridized carbons (Fsp3) is 0.400. The van der Waals surface area contributed by atoms with Crippen LogP contribution in [-0.4, -0.2) is 0 Å². The van der Waals surface area contributed by atoms with Crippen LogP contribution in [0.2, 0.25) is 0 Å². The molecule has 0 saturated carbocycles. The van der Waals surface area contributed by atoms with Crippen LogP contribution in [0.25, 0.3) is 0 Å². The Morgan fingerprint density at radius 3 is 2.44 bits per heavy atom. The van der Waals surface area contributed by atoms with Crippen LogP contribution in [0.3, 0.4) is 0 Å². The third-order valence-corrected chi connectivity index (χ3v) is 1.61. The smallest absolute Gasteiger partial charge is 0.291 e. The molecular weight excluding hydrogens is 188 g/mol. The minimum absolute atomic E-state index is 0.399. The Balaban J connectivity index is 3.23. The van der Waals surface area contributed by atoms with E-state index in [1.165, 1.54) is 0 Å². The Kier molecular flexibility index (Phi) is 1.75. The van der Waals surface area contributed by atoms with Crippen molar-refractivity contribution in [3.63, 3.8) is 0 Å². The van der Waals surface area contributed by atoms with Crippen molar-refractivity contribution in [3.8, 4) is 0 Å². The van der Waals surface area contributed by atoms with Crippen LogP contribution >= 0.6 is 15.9 Å². The molecule has 1 rings (SSSR count). The van der Waals surface area contributed by atoms with E-state index in [1.807, 2.05) is 0 Å². The maximum Gasteiger partial charge on any atom is 0.386 e. The first-order chi connectivity index (χ1) is 4.25. The van der Waals surface area contributed by atoms with Gasteiger partial charge in [-0.15, -0.1) is 0 Å². The van der Waals surface area contributed by atoms with E-state index in [2.05, 4.69) is 25.1 Å². The van der Waals surface area contributed by atoms with Crippen molar-refractivity contribution in [3.05, 3.63) is 21.7 Å². The van der Waals surface area contributed by atoms with Crippen LogP contribution in [0.5, 0.6) is 0 Å². The highest BCUT2D eigenvalue weighted by Gasteiger charge is 2.07. The number of hydrogen-bond acceptors (Lipinski definition) is 3. The van der Waals surface area contributed by atoms with Gasteiger partial charge in [-0.05, 0) is 6.92 Å². The zero-order valence-electron chi connectivity index (χ0n) is 4.81. The van der Waals surface area contributed by atoms with Gasteiger partial charge in [-0.25, -0.2) is 9.37 Å². The standard InChI is InChI=1S/C5H5BrO3/c1-3-4(2-6)5(7)9-8-3/h2H2,1H3. The molecule has 1 aromatic rings. The molecule has 0 N–H and O–H groups in total. The number of halogens is 1. The molecule has 0 atom stereocenters. The van der Waals surface area contributed by atoms with Crippen molar-refractivity contribution >= 4 is 15.9 Å². The highest BCUT2D eigenvalue weighted by Crippen LogP contribution is 2.05. The summed E-state index contributed by atoms with van der Waals surface area (Å²) in [5.41, 5.74) is 0.152. The normalized spacial score (nSPS) is 10.0. The molecule has 3 nitrogen and oxygen atoms in total. The van der Waals surface area contributed by atoms with Gasteiger partial charge in [0.25, 0.3) is 0 Å². The molecule has 4 heteroatoms. The minimum atomic E-state index is -0.399. The number of hydrogen-bond donors (Lipinski definition) is 0. The molecule has 0 fully saturated rings. The van der Waals surface area contributed by atoms with E-state index in [0.717, 1.165) is 0 Å². The summed E-state index contributed by atoms with van der Waals surface area (Å²) in [7, 11) is 0. The van der Waals surface area contributed by atoms with Crippen molar-refractivity contribution < 1.29 is 9.15 Å². The zero-order chi connectivity index (χ0) is 6.85. The first-order valence-electron chi connectivity index (χ1n) is 2.40. The SMILES string of the molecule is Cc1ooc(=O)c1CBr. The summed E-state index contributed by atoms with van der Waals surface area (Å²) in [5.74, 6) is 0.539. The first-order valence-corrected chi connectivity index (χ1v) is 3.52. The molecule has 0 aliphatic carbocycles. The van der Waals surface area contributed by atoms with Gasteiger partial charge in [0.2, 0.25) is 0 Å². The van der Waals surface area contributed by atoms with E-state index >= 15 is 0 Å². The average molecular weight is 193 g/mol. The maximum atomic E-state index is 10.6. The Morgan fingerprint density at radius 2 is 2.22 bits per heavy atom. The molecule has 0 radical (unpaired) electrons. The van der Waals surface area contributed by atoms with Gasteiger partial charge in [0, 0.05) is 5.33 Å². The van der Waals surface area contributed by atoms with Crippen LogP contribution in [0.1, 0.15) is 11.3 Å². The fourth-order valence-electron chi connectivity index (χ4n) is 0.493. The molecule has 0 aliphatic heterocycles. The van der Waals surface area contributed by atoms with E-state index in [0.29, 0.717) is 16.7 Å². The Morgan fingerprint density at radius 1 is 1.56 bits per heavy atom. The van der Waals surface area contributed by atoms with Crippen LogP contribution in [-0.2, 0) is 5.33 Å². The largest absolute Gasteiger partial charge is 0.386 e. The lowest BCUT2D eigenvalue weighted by Gasteiger charge is -1.78. The van der Waals surface area contributed by atoms with Crippen molar-refractivity contribution in [2.24, 2.45) is 0 Å². The second-order valence-electron chi connectivity index (χ2n) is 1.62. The second-order valence-corrected chi connectivity index (χ2v) is 2.18. The van der Waals surface area contributed by atoms with E-state index in [-0.39, 0.29) is 0 Å². The van der Waals surface area contributed by atoms with Gasteiger partial charge >= 0.3 is 5.63 Å². The van der Waals surface area contributed by atoms with Gasteiger partial charge in [-0.2, -0.15) is 0 Å². The Labute approximate surface area is 59.7 Å². The van der Waals surface area contributed by atoms with Crippen molar-refractivity contribution in [1.29, 1.82) is 0 Å². The van der Waals surface area contributed by atoms with E-state index in [9.17, 15) is 4.79 Å². The third kappa shape index (κ3) is 1.08. The topological polar surface area (TPSA) is 43.4 Å². The summed E-state index contributed by atoms with van der Waals surface area (Å²) in [6.45, 7) is 1.68. The van der Waals surface area contributed by atoms with Crippen LogP contribution < -0.4 is 5.63 Å². The number of alkyl halides is 1. The summed E-state index contributed by atoms with van der Waals surface area (Å²) < 4.78 is 8.69. The summed E-state index contributed by atoms with van der Waals surface area (Å²) in [6.07, 6.45) is 0. The number of rotatable bonds is 1.